The number of benzene rings is 2. The first-order chi connectivity index (χ1) is 12.0. The molecule has 0 aliphatic heterocycles. The van der Waals surface area contributed by atoms with E-state index in [2.05, 4.69) is 4.98 Å². The predicted octanol–water partition coefficient (Wildman–Crippen LogP) is 4.90. The molecule has 0 bridgehead atoms. The highest BCUT2D eigenvalue weighted by Crippen LogP contribution is 2.34. The number of pyridine rings is 1. The van der Waals surface area contributed by atoms with Crippen LogP contribution in [0.3, 0.4) is 0 Å². The molecular formula is C19H14ClFNO2S-. The van der Waals surface area contributed by atoms with Gasteiger partial charge in [-0.15, -0.1) is 0 Å². The van der Waals surface area contributed by atoms with E-state index in [1.54, 1.807) is 18.5 Å². The van der Waals surface area contributed by atoms with E-state index in [0.29, 0.717) is 10.6 Å². The van der Waals surface area contributed by atoms with E-state index in [-0.39, 0.29) is 11.3 Å². The number of rotatable bonds is 4. The van der Waals surface area contributed by atoms with Gasteiger partial charge < -0.3 is 4.55 Å². The SMILES string of the molecule is Cc1ccc(-c2ccncc2-c2ccc(CS(=O)[O-])c(F)c2)cc1Cl. The Labute approximate surface area is 152 Å². The van der Waals surface area contributed by atoms with Crippen molar-refractivity contribution < 1.29 is 13.2 Å². The van der Waals surface area contributed by atoms with E-state index in [4.69, 9.17) is 11.6 Å². The van der Waals surface area contributed by atoms with Crippen molar-refractivity contribution in [2.45, 2.75) is 12.7 Å². The summed E-state index contributed by atoms with van der Waals surface area (Å²) in [6, 6.07) is 12.1. The van der Waals surface area contributed by atoms with Crippen LogP contribution in [0.15, 0.2) is 54.9 Å². The minimum Gasteiger partial charge on any atom is -0.772 e. The number of hydrogen-bond acceptors (Lipinski definition) is 3. The van der Waals surface area contributed by atoms with Crippen LogP contribution in [0.4, 0.5) is 4.39 Å². The van der Waals surface area contributed by atoms with Crippen molar-refractivity contribution in [2.75, 3.05) is 0 Å². The fourth-order valence-corrected chi connectivity index (χ4v) is 3.26. The van der Waals surface area contributed by atoms with E-state index in [9.17, 15) is 13.2 Å². The van der Waals surface area contributed by atoms with Gasteiger partial charge in [-0.05, 0) is 52.9 Å². The van der Waals surface area contributed by atoms with Gasteiger partial charge >= 0.3 is 0 Å². The average molecular weight is 375 g/mol. The standard InChI is InChI=1S/C19H15ClFNO2S/c1-12-2-3-13(8-18(12)20)16-6-7-22-10-17(16)14-4-5-15(11-25(23)24)19(21)9-14/h2-10H,11H2,1H3,(H,23,24)/p-1. The fraction of sp³-hybridized carbons (Fsp3) is 0.105. The van der Waals surface area contributed by atoms with Gasteiger partial charge in [0.05, 0.1) is 0 Å². The number of aromatic nitrogens is 1. The zero-order valence-corrected chi connectivity index (χ0v) is 14.9. The highest BCUT2D eigenvalue weighted by atomic mass is 35.5. The van der Waals surface area contributed by atoms with Crippen molar-refractivity contribution in [1.29, 1.82) is 0 Å². The Kier molecular flexibility index (Phi) is 5.27. The van der Waals surface area contributed by atoms with Crippen LogP contribution in [-0.2, 0) is 16.8 Å². The van der Waals surface area contributed by atoms with Crippen LogP contribution in [0.2, 0.25) is 5.02 Å². The molecule has 3 aromatic rings. The molecule has 0 amide bonds. The van der Waals surface area contributed by atoms with Crippen LogP contribution in [0.5, 0.6) is 0 Å². The zero-order chi connectivity index (χ0) is 18.0. The zero-order valence-electron chi connectivity index (χ0n) is 13.3. The highest BCUT2D eigenvalue weighted by Gasteiger charge is 2.11. The van der Waals surface area contributed by atoms with Crippen molar-refractivity contribution in [3.05, 3.63) is 76.8 Å². The average Bonchev–Trinajstić information content (AvgIpc) is 2.59. The summed E-state index contributed by atoms with van der Waals surface area (Å²) in [6.07, 6.45) is 3.32. The molecule has 0 aliphatic carbocycles. The summed E-state index contributed by atoms with van der Waals surface area (Å²) in [5, 5.41) is 0.653. The molecule has 0 fully saturated rings. The summed E-state index contributed by atoms with van der Waals surface area (Å²) < 4.78 is 35.8. The lowest BCUT2D eigenvalue weighted by Gasteiger charge is -2.12. The topological polar surface area (TPSA) is 53.0 Å². The summed E-state index contributed by atoms with van der Waals surface area (Å²) in [4.78, 5) is 4.13. The molecule has 6 heteroatoms. The summed E-state index contributed by atoms with van der Waals surface area (Å²) in [7, 11) is 0. The lowest BCUT2D eigenvalue weighted by atomic mass is 9.95. The minimum atomic E-state index is -2.33. The molecule has 2 aromatic carbocycles. The molecule has 1 aromatic heterocycles. The van der Waals surface area contributed by atoms with Crippen LogP contribution >= 0.6 is 11.6 Å². The van der Waals surface area contributed by atoms with Crippen molar-refractivity contribution in [1.82, 2.24) is 4.98 Å². The van der Waals surface area contributed by atoms with Crippen molar-refractivity contribution in [2.24, 2.45) is 0 Å². The second kappa shape index (κ2) is 7.44. The summed E-state index contributed by atoms with van der Waals surface area (Å²) in [5.74, 6) is -0.905. The second-order valence-electron chi connectivity index (χ2n) is 5.64. The minimum absolute atomic E-state index is 0.140. The van der Waals surface area contributed by atoms with Gasteiger partial charge in [-0.25, -0.2) is 4.39 Å². The molecule has 0 N–H and O–H groups in total. The number of aryl methyl sites for hydroxylation is 1. The first-order valence-electron chi connectivity index (χ1n) is 7.51. The van der Waals surface area contributed by atoms with Gasteiger partial charge in [-0.3, -0.25) is 9.19 Å². The molecular weight excluding hydrogens is 361 g/mol. The van der Waals surface area contributed by atoms with E-state index in [1.807, 2.05) is 31.2 Å². The summed E-state index contributed by atoms with van der Waals surface area (Å²) in [6.45, 7) is 1.92. The van der Waals surface area contributed by atoms with Gasteiger partial charge in [0.25, 0.3) is 0 Å². The van der Waals surface area contributed by atoms with E-state index in [0.717, 1.165) is 22.3 Å². The molecule has 1 unspecified atom stereocenters. The summed E-state index contributed by atoms with van der Waals surface area (Å²) >= 11 is 3.89. The Bertz CT molecular complexity index is 962. The van der Waals surface area contributed by atoms with Crippen molar-refractivity contribution in [3.63, 3.8) is 0 Å². The number of nitrogens with zero attached hydrogens (tertiary/aromatic N) is 1. The molecule has 3 nitrogen and oxygen atoms in total. The first-order valence-corrected chi connectivity index (χ1v) is 9.13. The maximum Gasteiger partial charge on any atom is 0.127 e. The third-order valence-electron chi connectivity index (χ3n) is 3.94. The lowest BCUT2D eigenvalue weighted by Crippen LogP contribution is -1.97. The van der Waals surface area contributed by atoms with Gasteiger partial charge in [-0.1, -0.05) is 46.9 Å². The molecule has 0 aliphatic rings. The van der Waals surface area contributed by atoms with Gasteiger partial charge in [0, 0.05) is 28.7 Å². The monoisotopic (exact) mass is 374 g/mol. The fourth-order valence-electron chi connectivity index (χ4n) is 2.60. The molecule has 1 atom stereocenters. The molecule has 0 saturated carbocycles. The van der Waals surface area contributed by atoms with E-state index >= 15 is 0 Å². The largest absolute Gasteiger partial charge is 0.772 e. The molecule has 0 spiro atoms. The maximum atomic E-state index is 14.2. The Morgan fingerprint density at radius 2 is 1.84 bits per heavy atom. The maximum absolute atomic E-state index is 14.2. The Morgan fingerprint density at radius 3 is 2.52 bits per heavy atom. The molecule has 25 heavy (non-hydrogen) atoms. The van der Waals surface area contributed by atoms with Gasteiger partial charge in [-0.2, -0.15) is 0 Å². The highest BCUT2D eigenvalue weighted by molar-refractivity contribution is 7.78. The van der Waals surface area contributed by atoms with Gasteiger partial charge in [0.1, 0.15) is 5.82 Å². The Balaban J connectivity index is 2.08. The van der Waals surface area contributed by atoms with Crippen LogP contribution < -0.4 is 0 Å². The first kappa shape index (κ1) is 17.7. The van der Waals surface area contributed by atoms with Gasteiger partial charge in [0.2, 0.25) is 0 Å². The van der Waals surface area contributed by atoms with Crippen LogP contribution in [0.25, 0.3) is 22.3 Å². The van der Waals surface area contributed by atoms with Crippen molar-refractivity contribution >= 4 is 22.7 Å². The number of halogens is 2. The smallest absolute Gasteiger partial charge is 0.127 e. The summed E-state index contributed by atoms with van der Waals surface area (Å²) in [5.41, 5.74) is 4.26. The third kappa shape index (κ3) is 3.95. The Morgan fingerprint density at radius 1 is 1.12 bits per heavy atom. The molecule has 3 rings (SSSR count). The third-order valence-corrected chi connectivity index (χ3v) is 4.90. The Hall–Kier alpha value is -2.08. The van der Waals surface area contributed by atoms with Crippen LogP contribution in [0.1, 0.15) is 11.1 Å². The number of hydrogen-bond donors (Lipinski definition) is 0. The van der Waals surface area contributed by atoms with Gasteiger partial charge in [0.15, 0.2) is 0 Å². The van der Waals surface area contributed by atoms with E-state index < -0.39 is 16.9 Å². The van der Waals surface area contributed by atoms with Crippen LogP contribution in [-0.4, -0.2) is 13.7 Å². The molecule has 128 valence electrons. The normalized spacial score (nSPS) is 12.2. The predicted molar refractivity (Wildman–Crippen MR) is 97.4 cm³/mol. The van der Waals surface area contributed by atoms with E-state index in [1.165, 1.54) is 12.1 Å². The van der Waals surface area contributed by atoms with Crippen molar-refractivity contribution in [3.8, 4) is 22.3 Å². The molecule has 1 heterocycles. The lowest BCUT2D eigenvalue weighted by molar-refractivity contribution is 0.533. The molecule has 0 radical (unpaired) electrons. The van der Waals surface area contributed by atoms with Crippen LogP contribution in [0, 0.1) is 12.7 Å². The quantitative estimate of drug-likeness (QED) is 0.610. The molecule has 0 saturated heterocycles. The second-order valence-corrected chi connectivity index (χ2v) is 6.94.